The normalized spacial score (nSPS) is 12.1. The number of amides is 2. The minimum atomic E-state index is -0.360. The van der Waals surface area contributed by atoms with Crippen LogP contribution in [0.15, 0.2) is 24.3 Å². The smallest absolute Gasteiger partial charge is 0.317 e. The summed E-state index contributed by atoms with van der Waals surface area (Å²) in [5, 5.41) is 5.55. The molecular weight excluding hydrogens is 252 g/mol. The second kappa shape index (κ2) is 8.46. The number of carbonyl (C=O) groups excluding carboxylic acids is 1. The quantitative estimate of drug-likeness (QED) is 0.591. The van der Waals surface area contributed by atoms with Crippen molar-refractivity contribution in [3.63, 3.8) is 0 Å². The van der Waals surface area contributed by atoms with E-state index in [1.807, 2.05) is 31.2 Å². The molecule has 0 aliphatic carbocycles. The first kappa shape index (κ1) is 16.3. The lowest BCUT2D eigenvalue weighted by Crippen LogP contribution is -2.43. The Balaban J connectivity index is 2.37. The van der Waals surface area contributed by atoms with Gasteiger partial charge in [0.05, 0.1) is 0 Å². The van der Waals surface area contributed by atoms with Crippen LogP contribution >= 0.6 is 0 Å². The minimum Gasteiger partial charge on any atom is -0.471 e. The van der Waals surface area contributed by atoms with E-state index in [1.54, 1.807) is 0 Å². The molecule has 1 rings (SSSR count). The largest absolute Gasteiger partial charge is 0.471 e. The number of rotatable bonds is 7. The molecule has 0 radical (unpaired) electrons. The van der Waals surface area contributed by atoms with Crippen LogP contribution in [-0.4, -0.2) is 18.8 Å². The third-order valence-corrected chi connectivity index (χ3v) is 3.01. The third kappa shape index (κ3) is 5.95. The zero-order valence-corrected chi connectivity index (χ0v) is 12.9. The van der Waals surface area contributed by atoms with Crippen LogP contribution < -0.4 is 15.4 Å². The van der Waals surface area contributed by atoms with Gasteiger partial charge >= 0.3 is 6.03 Å². The fourth-order valence-corrected chi connectivity index (χ4v) is 1.78. The summed E-state index contributed by atoms with van der Waals surface area (Å²) in [6, 6.07) is 7.78. The lowest BCUT2D eigenvalue weighted by atomic mass is 10.0. The molecule has 1 unspecified atom stereocenters. The standard InChI is InChI=1S/C16H26N2O2/c1-5-6-11-17-16(19)18-13(4)20-15-9-7-14(8-10-15)12(2)3/h7-10,12-13H,5-6,11H2,1-4H3,(H2,17,18,19). The maximum atomic E-state index is 11.6. The highest BCUT2D eigenvalue weighted by Crippen LogP contribution is 2.19. The molecule has 20 heavy (non-hydrogen) atoms. The van der Waals surface area contributed by atoms with Gasteiger partial charge in [-0.2, -0.15) is 0 Å². The van der Waals surface area contributed by atoms with Gasteiger partial charge in [0, 0.05) is 6.54 Å². The van der Waals surface area contributed by atoms with Gasteiger partial charge < -0.3 is 15.4 Å². The molecular formula is C16H26N2O2. The van der Waals surface area contributed by atoms with Gasteiger partial charge in [0.1, 0.15) is 5.75 Å². The fourth-order valence-electron chi connectivity index (χ4n) is 1.78. The lowest BCUT2D eigenvalue weighted by molar-refractivity contribution is 0.177. The molecule has 0 heterocycles. The van der Waals surface area contributed by atoms with E-state index in [9.17, 15) is 4.79 Å². The highest BCUT2D eigenvalue weighted by atomic mass is 16.5. The van der Waals surface area contributed by atoms with E-state index in [-0.39, 0.29) is 12.3 Å². The summed E-state index contributed by atoms with van der Waals surface area (Å²) < 4.78 is 5.65. The molecule has 4 nitrogen and oxygen atoms in total. The fraction of sp³-hybridized carbons (Fsp3) is 0.562. The minimum absolute atomic E-state index is 0.190. The van der Waals surface area contributed by atoms with Crippen LogP contribution in [0.1, 0.15) is 52.0 Å². The van der Waals surface area contributed by atoms with E-state index in [0.717, 1.165) is 18.6 Å². The Morgan fingerprint density at radius 1 is 1.20 bits per heavy atom. The van der Waals surface area contributed by atoms with Crippen LogP contribution in [0.2, 0.25) is 0 Å². The predicted octanol–water partition coefficient (Wildman–Crippen LogP) is 3.63. The zero-order chi connectivity index (χ0) is 15.0. The van der Waals surface area contributed by atoms with Crippen molar-refractivity contribution in [2.75, 3.05) is 6.54 Å². The van der Waals surface area contributed by atoms with Crippen molar-refractivity contribution in [1.29, 1.82) is 0 Å². The van der Waals surface area contributed by atoms with Gasteiger partial charge in [-0.3, -0.25) is 0 Å². The maximum Gasteiger partial charge on any atom is 0.317 e. The Morgan fingerprint density at radius 3 is 2.40 bits per heavy atom. The van der Waals surface area contributed by atoms with E-state index in [0.29, 0.717) is 12.5 Å². The van der Waals surface area contributed by atoms with Crippen LogP contribution in [0, 0.1) is 0 Å². The summed E-state index contributed by atoms with van der Waals surface area (Å²) in [5.41, 5.74) is 1.27. The van der Waals surface area contributed by atoms with Crippen molar-refractivity contribution in [2.24, 2.45) is 0 Å². The number of hydrogen-bond acceptors (Lipinski definition) is 2. The van der Waals surface area contributed by atoms with E-state index < -0.39 is 0 Å². The molecule has 1 aromatic carbocycles. The van der Waals surface area contributed by atoms with Crippen LogP contribution in [-0.2, 0) is 0 Å². The Morgan fingerprint density at radius 2 is 1.85 bits per heavy atom. The monoisotopic (exact) mass is 278 g/mol. The van der Waals surface area contributed by atoms with Crippen molar-refractivity contribution < 1.29 is 9.53 Å². The Bertz CT molecular complexity index is 401. The van der Waals surface area contributed by atoms with E-state index >= 15 is 0 Å². The average molecular weight is 278 g/mol. The molecule has 2 amide bonds. The summed E-state index contributed by atoms with van der Waals surface area (Å²) in [4.78, 5) is 11.6. The predicted molar refractivity (Wildman–Crippen MR) is 82.1 cm³/mol. The van der Waals surface area contributed by atoms with Gasteiger partial charge in [-0.15, -0.1) is 0 Å². The Hall–Kier alpha value is -1.71. The van der Waals surface area contributed by atoms with Crippen LogP contribution in [0.25, 0.3) is 0 Å². The maximum absolute atomic E-state index is 11.6. The Labute approximate surface area is 121 Å². The highest BCUT2D eigenvalue weighted by Gasteiger charge is 2.08. The second-order valence-electron chi connectivity index (χ2n) is 5.24. The number of benzene rings is 1. The van der Waals surface area contributed by atoms with E-state index in [4.69, 9.17) is 4.74 Å². The van der Waals surface area contributed by atoms with Crippen LogP contribution in [0.5, 0.6) is 5.75 Å². The number of nitrogens with one attached hydrogen (secondary N) is 2. The molecule has 112 valence electrons. The topological polar surface area (TPSA) is 50.4 Å². The summed E-state index contributed by atoms with van der Waals surface area (Å²) >= 11 is 0. The third-order valence-electron chi connectivity index (χ3n) is 3.01. The summed E-state index contributed by atoms with van der Waals surface area (Å²) in [5.74, 6) is 1.26. The van der Waals surface area contributed by atoms with Gasteiger partial charge in [-0.1, -0.05) is 39.3 Å². The van der Waals surface area contributed by atoms with E-state index in [2.05, 4.69) is 31.4 Å². The molecule has 0 aliphatic rings. The summed E-state index contributed by atoms with van der Waals surface area (Å²) in [7, 11) is 0. The number of hydrogen-bond donors (Lipinski definition) is 2. The molecule has 1 atom stereocenters. The van der Waals surface area contributed by atoms with Gasteiger partial charge in [0.25, 0.3) is 0 Å². The molecule has 2 N–H and O–H groups in total. The van der Waals surface area contributed by atoms with Crippen LogP contribution in [0.3, 0.4) is 0 Å². The molecule has 0 saturated heterocycles. The number of carbonyl (C=O) groups is 1. The second-order valence-corrected chi connectivity index (χ2v) is 5.24. The van der Waals surface area contributed by atoms with Gasteiger partial charge in [-0.05, 0) is 37.0 Å². The van der Waals surface area contributed by atoms with Crippen molar-refractivity contribution in [1.82, 2.24) is 10.6 Å². The summed E-state index contributed by atoms with van der Waals surface area (Å²) in [6.07, 6.45) is 1.69. The lowest BCUT2D eigenvalue weighted by Gasteiger charge is -2.17. The van der Waals surface area contributed by atoms with Crippen molar-refractivity contribution >= 4 is 6.03 Å². The average Bonchev–Trinajstić information content (AvgIpc) is 2.39. The first-order chi connectivity index (χ1) is 9.52. The van der Waals surface area contributed by atoms with Crippen molar-refractivity contribution in [3.8, 4) is 5.75 Å². The molecule has 1 aromatic rings. The highest BCUT2D eigenvalue weighted by molar-refractivity contribution is 5.73. The first-order valence-corrected chi connectivity index (χ1v) is 7.34. The molecule has 0 fully saturated rings. The first-order valence-electron chi connectivity index (χ1n) is 7.34. The van der Waals surface area contributed by atoms with Crippen molar-refractivity contribution in [3.05, 3.63) is 29.8 Å². The zero-order valence-electron chi connectivity index (χ0n) is 12.9. The van der Waals surface area contributed by atoms with Gasteiger partial charge in [0.2, 0.25) is 0 Å². The van der Waals surface area contributed by atoms with E-state index in [1.165, 1.54) is 5.56 Å². The van der Waals surface area contributed by atoms with Gasteiger partial charge in [0.15, 0.2) is 6.23 Å². The molecule has 0 bridgehead atoms. The molecule has 0 saturated carbocycles. The Kier molecular flexibility index (Phi) is 6.91. The summed E-state index contributed by atoms with van der Waals surface area (Å²) in [6.45, 7) is 8.90. The number of unbranched alkanes of at least 4 members (excludes halogenated alkanes) is 1. The number of ether oxygens (including phenoxy) is 1. The number of urea groups is 1. The molecule has 0 aliphatic heterocycles. The molecule has 0 spiro atoms. The SMILES string of the molecule is CCCCNC(=O)NC(C)Oc1ccc(C(C)C)cc1. The van der Waals surface area contributed by atoms with Gasteiger partial charge in [-0.25, -0.2) is 4.79 Å². The van der Waals surface area contributed by atoms with Crippen LogP contribution in [0.4, 0.5) is 4.79 Å². The van der Waals surface area contributed by atoms with Crippen molar-refractivity contribution in [2.45, 2.75) is 52.7 Å². The molecule has 0 aromatic heterocycles. The molecule has 4 heteroatoms.